The molecule has 0 spiro atoms. The van der Waals surface area contributed by atoms with E-state index < -0.39 is 29.2 Å². The summed E-state index contributed by atoms with van der Waals surface area (Å²) in [6, 6.07) is 7.41. The fourth-order valence-electron chi connectivity index (χ4n) is 2.57. The standard InChI is InChI=1S/C14H11N2O4.C4H9.Y/c1-14(7-6-10(17)15-13(14)20)16-11(18)8-4-2-3-5-9(8)12(16)19;1-4(2)3;/h2-4H,6-7H2,1H3,(H,15,17,20);1-3H3;/q2*-1;. The predicted octanol–water partition coefficient (Wildman–Crippen LogP) is 1.90. The number of hydrogen-bond acceptors (Lipinski definition) is 4. The number of imide groups is 2. The van der Waals surface area contributed by atoms with Crippen LogP contribution >= 0.6 is 0 Å². The number of fused-ring (bicyclic) bond motifs is 1. The van der Waals surface area contributed by atoms with Crippen LogP contribution in [0.2, 0.25) is 0 Å². The van der Waals surface area contributed by atoms with E-state index in [4.69, 9.17) is 0 Å². The summed E-state index contributed by atoms with van der Waals surface area (Å²) in [7, 11) is 0. The van der Waals surface area contributed by atoms with Crippen molar-refractivity contribution in [1.29, 1.82) is 0 Å². The molecule has 6 nitrogen and oxygen atoms in total. The van der Waals surface area contributed by atoms with E-state index in [0.717, 1.165) is 4.90 Å². The second-order valence-electron chi connectivity index (χ2n) is 6.56. The fraction of sp³-hybridized carbons (Fsp3) is 0.389. The van der Waals surface area contributed by atoms with Crippen molar-refractivity contribution in [3.8, 4) is 0 Å². The fourth-order valence-corrected chi connectivity index (χ4v) is 2.57. The number of benzene rings is 1. The molecule has 1 saturated heterocycles. The van der Waals surface area contributed by atoms with Crippen LogP contribution in [0.15, 0.2) is 18.2 Å². The van der Waals surface area contributed by atoms with Crippen LogP contribution in [0.4, 0.5) is 0 Å². The maximum Gasteiger partial charge on any atom is 0.251 e. The molecule has 7 heteroatoms. The van der Waals surface area contributed by atoms with E-state index in [-0.39, 0.29) is 56.7 Å². The summed E-state index contributed by atoms with van der Waals surface area (Å²) >= 11 is 0. The molecule has 1 atom stereocenters. The van der Waals surface area contributed by atoms with Gasteiger partial charge in [-0.3, -0.25) is 19.7 Å². The molecular weight excluding hydrogens is 397 g/mol. The number of nitrogens with zero attached hydrogens (tertiary/aromatic N) is 1. The van der Waals surface area contributed by atoms with Crippen LogP contribution in [0.25, 0.3) is 0 Å². The van der Waals surface area contributed by atoms with Crippen LogP contribution in [-0.2, 0) is 42.3 Å². The smallest absolute Gasteiger partial charge is 0.251 e. The molecule has 1 fully saturated rings. The van der Waals surface area contributed by atoms with Crippen molar-refractivity contribution in [2.75, 3.05) is 0 Å². The van der Waals surface area contributed by atoms with Crippen molar-refractivity contribution >= 4 is 23.6 Å². The van der Waals surface area contributed by atoms with Crippen LogP contribution in [0, 0.1) is 12.0 Å². The van der Waals surface area contributed by atoms with Crippen molar-refractivity contribution in [2.24, 2.45) is 0 Å². The SMILES string of the molecule is CC1(N2C(=O)c3[c-]cccc3C2=O)CCC(=O)NC1=O.C[C-](C)C.[Y]. The van der Waals surface area contributed by atoms with Gasteiger partial charge in [-0.2, -0.15) is 20.8 Å². The van der Waals surface area contributed by atoms with E-state index in [2.05, 4.69) is 32.2 Å². The minimum absolute atomic E-state index is 0. The molecule has 4 amide bonds. The van der Waals surface area contributed by atoms with Gasteiger partial charge in [-0.1, -0.05) is 5.56 Å². The minimum Gasteiger partial charge on any atom is -0.327 e. The van der Waals surface area contributed by atoms with Crippen molar-refractivity contribution in [2.45, 2.75) is 46.1 Å². The Bertz CT molecular complexity index is 679. The monoisotopic (exact) mass is 417 g/mol. The first-order valence-electron chi connectivity index (χ1n) is 7.69. The molecule has 2 aliphatic heterocycles. The number of carbonyl (C=O) groups is 4. The Morgan fingerprint density at radius 3 is 2.28 bits per heavy atom. The molecule has 2 aliphatic rings. The van der Waals surface area contributed by atoms with Gasteiger partial charge < -0.3 is 15.6 Å². The number of hydrogen-bond donors (Lipinski definition) is 1. The number of amides is 4. The molecular formula is C18H20N2O4Y-2. The van der Waals surface area contributed by atoms with Crippen LogP contribution < -0.4 is 5.32 Å². The van der Waals surface area contributed by atoms with Gasteiger partial charge in [0.05, 0.1) is 0 Å². The van der Waals surface area contributed by atoms with Crippen LogP contribution in [0.5, 0.6) is 0 Å². The van der Waals surface area contributed by atoms with Gasteiger partial charge in [-0.15, -0.1) is 24.3 Å². The Balaban J connectivity index is 0.000000568. The number of piperidine rings is 1. The zero-order valence-corrected chi connectivity index (χ0v) is 17.6. The summed E-state index contributed by atoms with van der Waals surface area (Å²) in [6.45, 7) is 7.75. The third-order valence-electron chi connectivity index (χ3n) is 3.78. The summed E-state index contributed by atoms with van der Waals surface area (Å²) in [5.41, 5.74) is -0.929. The Kier molecular flexibility index (Phi) is 7.21. The van der Waals surface area contributed by atoms with E-state index in [9.17, 15) is 19.2 Å². The van der Waals surface area contributed by atoms with Gasteiger partial charge in [0.1, 0.15) is 5.54 Å². The summed E-state index contributed by atoms with van der Waals surface area (Å²) < 4.78 is 0. The largest absolute Gasteiger partial charge is 0.327 e. The quantitative estimate of drug-likeness (QED) is 0.559. The Morgan fingerprint density at radius 2 is 1.76 bits per heavy atom. The third kappa shape index (κ3) is 4.23. The summed E-state index contributed by atoms with van der Waals surface area (Å²) in [4.78, 5) is 48.9. The third-order valence-corrected chi connectivity index (χ3v) is 3.78. The zero-order chi connectivity index (χ0) is 18.1. The normalized spacial score (nSPS) is 22.0. The Hall–Kier alpha value is -1.40. The molecule has 1 aromatic rings. The van der Waals surface area contributed by atoms with Crippen molar-refractivity contribution in [3.63, 3.8) is 0 Å². The average molecular weight is 417 g/mol. The Morgan fingerprint density at radius 1 is 1.16 bits per heavy atom. The molecule has 0 aliphatic carbocycles. The van der Waals surface area contributed by atoms with Crippen LogP contribution in [0.1, 0.15) is 61.3 Å². The molecule has 0 saturated carbocycles. The molecule has 1 radical (unpaired) electrons. The van der Waals surface area contributed by atoms with Gasteiger partial charge in [0, 0.05) is 39.1 Å². The van der Waals surface area contributed by atoms with Gasteiger partial charge in [-0.05, 0) is 18.9 Å². The van der Waals surface area contributed by atoms with Crippen molar-refractivity contribution in [1.82, 2.24) is 10.2 Å². The molecule has 1 aromatic carbocycles. The first-order valence-corrected chi connectivity index (χ1v) is 7.69. The maximum absolute atomic E-state index is 12.4. The van der Waals surface area contributed by atoms with Gasteiger partial charge >= 0.3 is 0 Å². The van der Waals surface area contributed by atoms with Gasteiger partial charge in [0.2, 0.25) is 11.8 Å². The van der Waals surface area contributed by atoms with E-state index in [1.54, 1.807) is 12.1 Å². The zero-order valence-electron chi connectivity index (χ0n) is 14.8. The van der Waals surface area contributed by atoms with E-state index in [1.807, 2.05) is 0 Å². The second kappa shape index (κ2) is 8.32. The van der Waals surface area contributed by atoms with Gasteiger partial charge in [-0.25, -0.2) is 0 Å². The number of carbonyl (C=O) groups excluding carboxylic acids is 4. The second-order valence-corrected chi connectivity index (χ2v) is 6.56. The first kappa shape index (κ1) is 21.6. The molecule has 1 N–H and O–H groups in total. The summed E-state index contributed by atoms with van der Waals surface area (Å²) in [5.74, 6) is -0.662. The van der Waals surface area contributed by atoms with Crippen molar-refractivity contribution in [3.05, 3.63) is 41.3 Å². The van der Waals surface area contributed by atoms with E-state index >= 15 is 0 Å². The molecule has 0 aromatic heterocycles. The summed E-state index contributed by atoms with van der Waals surface area (Å²) in [6.07, 6.45) is 0.225. The predicted molar refractivity (Wildman–Crippen MR) is 86.8 cm³/mol. The minimum atomic E-state index is -1.34. The summed E-state index contributed by atoms with van der Waals surface area (Å²) in [5, 5.41) is 2.18. The number of rotatable bonds is 1. The molecule has 131 valence electrons. The van der Waals surface area contributed by atoms with Crippen LogP contribution in [0.3, 0.4) is 0 Å². The average Bonchev–Trinajstić information content (AvgIpc) is 2.76. The van der Waals surface area contributed by atoms with Gasteiger partial charge in [0.25, 0.3) is 5.91 Å². The topological polar surface area (TPSA) is 83.6 Å². The van der Waals surface area contributed by atoms with Gasteiger partial charge in [0.15, 0.2) is 5.91 Å². The maximum atomic E-state index is 12.4. The van der Waals surface area contributed by atoms with E-state index in [1.165, 1.54) is 18.9 Å². The van der Waals surface area contributed by atoms with Crippen LogP contribution in [-0.4, -0.2) is 34.1 Å². The molecule has 3 rings (SSSR count). The molecule has 0 bridgehead atoms. The Labute approximate surface area is 172 Å². The first-order chi connectivity index (χ1) is 11.2. The van der Waals surface area contributed by atoms with E-state index in [0.29, 0.717) is 0 Å². The molecule has 2 heterocycles. The molecule has 25 heavy (non-hydrogen) atoms. The number of nitrogens with one attached hydrogen (secondary N) is 1. The van der Waals surface area contributed by atoms with Crippen molar-refractivity contribution < 1.29 is 51.9 Å². The molecule has 1 unspecified atom stereocenters.